The molecule has 0 bridgehead atoms. The third kappa shape index (κ3) is 225. The molecule has 0 aliphatic carbocycles. The zero-order valence-electron chi connectivity index (χ0n) is 6.32. The van der Waals surface area contributed by atoms with Crippen molar-refractivity contribution in [2.75, 3.05) is 0 Å². The number of quaternary nitrogens is 1. The molecular weight excluding hydrogens is 264 g/mol. The van der Waals surface area contributed by atoms with Crippen LogP contribution in [0.5, 0.6) is 0 Å². The zero-order chi connectivity index (χ0) is 10.7. The molecule has 0 heterocycles. The molecule has 0 rings (SSSR count). The first-order valence-electron chi connectivity index (χ1n) is 1.64. The smallest absolute Gasteiger partial charge is 0.369 e. The second-order valence-electron chi connectivity index (χ2n) is 0.671. The summed E-state index contributed by atoms with van der Waals surface area (Å²) in [6.07, 6.45) is 0. The van der Waals surface area contributed by atoms with E-state index >= 15 is 0 Å². The van der Waals surface area contributed by atoms with Gasteiger partial charge in [0.05, 0.1) is 15.3 Å². The molecule has 13 nitrogen and oxygen atoms in total. The second kappa shape index (κ2) is 22.5. The standard InChI is InChI=1S/Cu.3NO3.H3N/c;3*2-1(3)4;/h;;;;1H3/q+2;3*-1;/p+1. The molecule has 0 aromatic rings. The van der Waals surface area contributed by atoms with Gasteiger partial charge in [-0.2, -0.15) is 0 Å². The Bertz CT molecular complexity index is 114. The van der Waals surface area contributed by atoms with Crippen LogP contribution in [0.4, 0.5) is 0 Å². The van der Waals surface area contributed by atoms with Crippen molar-refractivity contribution in [3.8, 4) is 0 Å². The SMILES string of the molecule is O=[N+]([O-])[O-].O=[N+]([O-])[O-].O=[N+]([O-])[O-].[Cu+2].[NH4+]. The minimum atomic E-state index is -1.75. The average Bonchev–Trinajstić information content (AvgIpc) is 1.54. The Labute approximate surface area is 85.3 Å². The van der Waals surface area contributed by atoms with Gasteiger partial charge in [-0.3, -0.25) is 0 Å². The monoisotopic (exact) mass is 267 g/mol. The van der Waals surface area contributed by atoms with Gasteiger partial charge in [-0.25, -0.2) is 0 Å². The van der Waals surface area contributed by atoms with Gasteiger partial charge in [-0.15, -0.1) is 0 Å². The van der Waals surface area contributed by atoms with Crippen LogP contribution in [-0.2, 0) is 17.1 Å². The maximum Gasteiger partial charge on any atom is 2.00 e. The predicted molar refractivity (Wildman–Crippen MR) is 37.1 cm³/mol. The molecule has 0 fully saturated rings. The quantitative estimate of drug-likeness (QED) is 0.342. The Morgan fingerprint density at radius 2 is 0.571 bits per heavy atom. The summed E-state index contributed by atoms with van der Waals surface area (Å²) in [4.78, 5) is 24.8. The fraction of sp³-hybridized carbons (Fsp3) is 0. The van der Waals surface area contributed by atoms with Crippen LogP contribution in [0, 0.1) is 46.0 Å². The summed E-state index contributed by atoms with van der Waals surface area (Å²) >= 11 is 0. The summed E-state index contributed by atoms with van der Waals surface area (Å²) in [6, 6.07) is 0. The van der Waals surface area contributed by atoms with Crippen molar-refractivity contribution in [2.24, 2.45) is 0 Å². The van der Waals surface area contributed by atoms with Gasteiger partial charge in [0.1, 0.15) is 0 Å². The molecule has 0 amide bonds. The number of hydrogen-bond acceptors (Lipinski definition) is 9. The molecule has 0 aromatic heterocycles. The Morgan fingerprint density at radius 3 is 0.571 bits per heavy atom. The molecule has 0 atom stereocenters. The van der Waals surface area contributed by atoms with Crippen LogP contribution < -0.4 is 6.15 Å². The fourth-order valence-corrected chi connectivity index (χ4v) is 0. The molecule has 14 heteroatoms. The van der Waals surface area contributed by atoms with Crippen molar-refractivity contribution < 1.29 is 32.3 Å². The third-order valence-corrected chi connectivity index (χ3v) is 0. The minimum Gasteiger partial charge on any atom is -0.369 e. The molecule has 0 saturated carbocycles. The van der Waals surface area contributed by atoms with E-state index in [9.17, 15) is 0 Å². The molecule has 4 N–H and O–H groups in total. The fourth-order valence-electron chi connectivity index (χ4n) is 0. The first-order chi connectivity index (χ1) is 5.20. The van der Waals surface area contributed by atoms with Gasteiger partial charge in [0, 0.05) is 0 Å². The normalized spacial score (nSPS) is 5.14. The van der Waals surface area contributed by atoms with Gasteiger partial charge in [0.25, 0.3) is 0 Å². The van der Waals surface area contributed by atoms with Crippen LogP contribution in [0.25, 0.3) is 0 Å². The molecule has 1 radical (unpaired) electrons. The van der Waals surface area contributed by atoms with Gasteiger partial charge in [-0.1, -0.05) is 0 Å². The second-order valence-corrected chi connectivity index (χ2v) is 0.671. The van der Waals surface area contributed by atoms with Gasteiger partial charge < -0.3 is 52.1 Å². The van der Waals surface area contributed by atoms with E-state index in [1.807, 2.05) is 0 Å². The van der Waals surface area contributed by atoms with Crippen molar-refractivity contribution >= 4 is 0 Å². The average molecular weight is 268 g/mol. The summed E-state index contributed by atoms with van der Waals surface area (Å²) in [7, 11) is 0. The van der Waals surface area contributed by atoms with Gasteiger partial charge in [0.2, 0.25) is 0 Å². The van der Waals surface area contributed by atoms with Crippen molar-refractivity contribution in [3.05, 3.63) is 46.0 Å². The Balaban J connectivity index is -0.0000000270. The van der Waals surface area contributed by atoms with E-state index in [-0.39, 0.29) is 23.2 Å². The summed E-state index contributed by atoms with van der Waals surface area (Å²) in [5, 5.41) is 44.2. The van der Waals surface area contributed by atoms with Gasteiger partial charge >= 0.3 is 17.1 Å². The molecule has 0 aliphatic rings. The minimum absolute atomic E-state index is 0. The molecule has 89 valence electrons. The number of nitrogens with zero attached hydrogens (tertiary/aromatic N) is 3. The van der Waals surface area contributed by atoms with Gasteiger partial charge in [0.15, 0.2) is 0 Å². The Morgan fingerprint density at radius 1 is 0.571 bits per heavy atom. The topological polar surface area (TPSA) is 235 Å². The zero-order valence-corrected chi connectivity index (χ0v) is 7.26. The molecule has 0 spiro atoms. The first kappa shape index (κ1) is 29.6. The van der Waals surface area contributed by atoms with Crippen molar-refractivity contribution in [2.45, 2.75) is 0 Å². The van der Waals surface area contributed by atoms with Crippen LogP contribution >= 0.6 is 0 Å². The van der Waals surface area contributed by atoms with Crippen LogP contribution in [0.1, 0.15) is 0 Å². The van der Waals surface area contributed by atoms with E-state index in [1.165, 1.54) is 0 Å². The van der Waals surface area contributed by atoms with E-state index in [2.05, 4.69) is 0 Å². The molecule has 0 saturated heterocycles. The molecule has 0 aliphatic heterocycles. The van der Waals surface area contributed by atoms with Crippen molar-refractivity contribution in [3.63, 3.8) is 0 Å². The van der Waals surface area contributed by atoms with Crippen LogP contribution in [-0.4, -0.2) is 15.3 Å². The van der Waals surface area contributed by atoms with E-state index in [0.717, 1.165) is 0 Å². The van der Waals surface area contributed by atoms with E-state index < -0.39 is 15.3 Å². The van der Waals surface area contributed by atoms with Crippen molar-refractivity contribution in [1.29, 1.82) is 0 Å². The number of rotatable bonds is 0. The summed E-state index contributed by atoms with van der Waals surface area (Å²) in [5.41, 5.74) is 0. The van der Waals surface area contributed by atoms with Crippen LogP contribution in [0.2, 0.25) is 0 Å². The molecule has 14 heavy (non-hydrogen) atoms. The predicted octanol–water partition coefficient (Wildman–Crippen LogP) is -0.344. The van der Waals surface area contributed by atoms with Crippen LogP contribution in [0.15, 0.2) is 0 Å². The Kier molecular flexibility index (Phi) is 47.5. The first-order valence-corrected chi connectivity index (χ1v) is 1.64. The van der Waals surface area contributed by atoms with Gasteiger partial charge in [-0.05, 0) is 0 Å². The maximum absolute atomic E-state index is 8.25. The van der Waals surface area contributed by atoms with Crippen molar-refractivity contribution in [1.82, 2.24) is 6.15 Å². The molecule has 0 unspecified atom stereocenters. The largest absolute Gasteiger partial charge is 2.00 e. The number of hydrogen-bond donors (Lipinski definition) is 1. The van der Waals surface area contributed by atoms with E-state index in [4.69, 9.17) is 46.0 Å². The van der Waals surface area contributed by atoms with E-state index in [0.29, 0.717) is 0 Å². The molecule has 0 aromatic carbocycles. The molecular formula is H4CuN4O9. The third-order valence-electron chi connectivity index (χ3n) is 0. The van der Waals surface area contributed by atoms with Crippen LogP contribution in [0.3, 0.4) is 0 Å². The Hall–Kier alpha value is -1.92. The van der Waals surface area contributed by atoms with E-state index in [1.54, 1.807) is 0 Å². The summed E-state index contributed by atoms with van der Waals surface area (Å²) in [6.45, 7) is 0. The summed E-state index contributed by atoms with van der Waals surface area (Å²) in [5.74, 6) is 0. The summed E-state index contributed by atoms with van der Waals surface area (Å²) < 4.78 is 0. The maximum atomic E-state index is 8.25.